The topological polar surface area (TPSA) is 108 Å². The van der Waals surface area contributed by atoms with Crippen LogP contribution in [0.3, 0.4) is 0 Å². The summed E-state index contributed by atoms with van der Waals surface area (Å²) < 4.78 is 16.2. The van der Waals surface area contributed by atoms with E-state index in [9.17, 15) is 9.18 Å². The third-order valence-electron chi connectivity index (χ3n) is 5.08. The lowest BCUT2D eigenvalue weighted by Gasteiger charge is -2.21. The number of nitriles is 1. The number of alkyl halides is 1. The molecule has 0 radical (unpaired) electrons. The lowest BCUT2D eigenvalue weighted by atomic mass is 10.1. The van der Waals surface area contributed by atoms with Crippen LogP contribution in [0.25, 0.3) is 16.9 Å². The molecular weight excluding hydrogens is 421 g/mol. The zero-order valence-corrected chi connectivity index (χ0v) is 19.6. The maximum Gasteiger partial charge on any atom is 0.255 e. The summed E-state index contributed by atoms with van der Waals surface area (Å²) in [5.74, 6) is 0.172. The zero-order valence-electron chi connectivity index (χ0n) is 19.6. The highest BCUT2D eigenvalue weighted by Crippen LogP contribution is 2.23. The number of rotatable bonds is 9. The molecule has 0 spiro atoms. The summed E-state index contributed by atoms with van der Waals surface area (Å²) in [5.41, 5.74) is 2.06. The second-order valence-electron chi connectivity index (χ2n) is 8.66. The number of amides is 1. The first kappa shape index (κ1) is 24.1. The summed E-state index contributed by atoms with van der Waals surface area (Å²) in [6.45, 7) is 9.49. The largest absolute Gasteiger partial charge is 0.382 e. The predicted octanol–water partition coefficient (Wildman–Crippen LogP) is 3.57. The van der Waals surface area contributed by atoms with Crippen LogP contribution in [0.4, 0.5) is 10.1 Å². The van der Waals surface area contributed by atoms with Crippen molar-refractivity contribution in [2.75, 3.05) is 11.9 Å². The SMILES string of the molecule is CC(C)Nc1cc(-n2ccc3cc(C#N)cnc32)ncc1C(=O)NCC(F)C(C)NC(C)C. The number of anilines is 1. The number of pyridine rings is 2. The maximum absolute atomic E-state index is 14.5. The zero-order chi connectivity index (χ0) is 24.1. The fraction of sp³-hybridized carbons (Fsp3) is 0.417. The molecule has 1 amide bonds. The van der Waals surface area contributed by atoms with Gasteiger partial charge in [-0.1, -0.05) is 13.8 Å². The lowest BCUT2D eigenvalue weighted by molar-refractivity contribution is 0.0936. The number of hydrogen-bond donors (Lipinski definition) is 3. The normalized spacial score (nSPS) is 13.2. The van der Waals surface area contributed by atoms with E-state index in [-0.39, 0.29) is 24.7 Å². The minimum absolute atomic E-state index is 0.0636. The molecule has 0 aromatic carbocycles. The molecule has 3 N–H and O–H groups in total. The summed E-state index contributed by atoms with van der Waals surface area (Å²) in [6.07, 6.45) is 3.59. The van der Waals surface area contributed by atoms with Crippen molar-refractivity contribution in [3.63, 3.8) is 0 Å². The molecular formula is C24H30FN7O. The van der Waals surface area contributed by atoms with Gasteiger partial charge in [-0.25, -0.2) is 14.4 Å². The summed E-state index contributed by atoms with van der Waals surface area (Å²) in [6, 6.07) is 7.30. The fourth-order valence-corrected chi connectivity index (χ4v) is 3.55. The Morgan fingerprint density at radius 1 is 1.15 bits per heavy atom. The summed E-state index contributed by atoms with van der Waals surface area (Å²) in [5, 5.41) is 19.0. The number of carbonyl (C=O) groups excluding carboxylic acids is 1. The first-order valence-electron chi connectivity index (χ1n) is 11.0. The molecule has 0 bridgehead atoms. The second kappa shape index (κ2) is 10.4. The Labute approximate surface area is 193 Å². The number of aromatic nitrogens is 3. The molecule has 3 aromatic heterocycles. The smallest absolute Gasteiger partial charge is 0.255 e. The van der Waals surface area contributed by atoms with Gasteiger partial charge in [-0.3, -0.25) is 9.36 Å². The Hall–Kier alpha value is -3.51. The van der Waals surface area contributed by atoms with E-state index in [2.05, 4.69) is 32.0 Å². The van der Waals surface area contributed by atoms with Crippen LogP contribution in [0, 0.1) is 11.3 Å². The van der Waals surface area contributed by atoms with Crippen molar-refractivity contribution >= 4 is 22.6 Å². The minimum atomic E-state index is -1.22. The van der Waals surface area contributed by atoms with E-state index >= 15 is 0 Å². The van der Waals surface area contributed by atoms with Crippen molar-refractivity contribution in [1.82, 2.24) is 25.2 Å². The quantitative estimate of drug-likeness (QED) is 0.459. The molecule has 3 heterocycles. The van der Waals surface area contributed by atoms with Crippen LogP contribution in [0.5, 0.6) is 0 Å². The van der Waals surface area contributed by atoms with E-state index in [4.69, 9.17) is 5.26 Å². The van der Waals surface area contributed by atoms with E-state index < -0.39 is 12.1 Å². The maximum atomic E-state index is 14.5. The standard InChI is InChI=1S/C24H30FN7O/c1-14(2)30-16(5)20(25)13-29-24(33)19-12-27-22(9-21(19)31-15(3)4)32-7-6-18-8-17(10-26)11-28-23(18)32/h6-9,11-12,14-16,20,30H,13H2,1-5H3,(H,27,31)(H,29,33). The minimum Gasteiger partial charge on any atom is -0.382 e. The van der Waals surface area contributed by atoms with Crippen LogP contribution in [0.15, 0.2) is 36.8 Å². The van der Waals surface area contributed by atoms with Crippen molar-refractivity contribution in [2.45, 2.75) is 58.9 Å². The first-order chi connectivity index (χ1) is 15.7. The third kappa shape index (κ3) is 5.84. The summed E-state index contributed by atoms with van der Waals surface area (Å²) >= 11 is 0. The van der Waals surface area contributed by atoms with Gasteiger partial charge in [0.05, 0.1) is 23.4 Å². The van der Waals surface area contributed by atoms with E-state index in [1.54, 1.807) is 23.6 Å². The van der Waals surface area contributed by atoms with Gasteiger partial charge in [-0.15, -0.1) is 0 Å². The van der Waals surface area contributed by atoms with Crippen LogP contribution < -0.4 is 16.0 Å². The van der Waals surface area contributed by atoms with Crippen molar-refractivity contribution in [3.05, 3.63) is 47.9 Å². The number of fused-ring (bicyclic) bond motifs is 1. The van der Waals surface area contributed by atoms with Crippen LogP contribution in [-0.4, -0.2) is 51.3 Å². The fourth-order valence-electron chi connectivity index (χ4n) is 3.55. The van der Waals surface area contributed by atoms with Crippen LogP contribution >= 0.6 is 0 Å². The lowest BCUT2D eigenvalue weighted by Crippen LogP contribution is -2.44. The highest BCUT2D eigenvalue weighted by molar-refractivity contribution is 5.99. The van der Waals surface area contributed by atoms with Gasteiger partial charge in [0.25, 0.3) is 5.91 Å². The molecule has 2 unspecified atom stereocenters. The molecule has 9 heteroatoms. The Kier molecular flexibility index (Phi) is 7.61. The van der Waals surface area contributed by atoms with Gasteiger partial charge >= 0.3 is 0 Å². The van der Waals surface area contributed by atoms with Gasteiger partial charge in [0.2, 0.25) is 0 Å². The Morgan fingerprint density at radius 3 is 2.58 bits per heavy atom. The highest BCUT2D eigenvalue weighted by atomic mass is 19.1. The van der Waals surface area contributed by atoms with Crippen LogP contribution in [0.2, 0.25) is 0 Å². The molecule has 0 aliphatic carbocycles. The number of nitrogens with zero attached hydrogens (tertiary/aromatic N) is 4. The molecule has 0 saturated carbocycles. The monoisotopic (exact) mass is 451 g/mol. The Bertz CT molecular complexity index is 1170. The van der Waals surface area contributed by atoms with E-state index in [0.717, 1.165) is 5.39 Å². The van der Waals surface area contributed by atoms with E-state index in [0.29, 0.717) is 28.3 Å². The number of halogens is 1. The molecule has 3 rings (SSSR count). The van der Waals surface area contributed by atoms with Crippen molar-refractivity contribution < 1.29 is 9.18 Å². The number of hydrogen-bond acceptors (Lipinski definition) is 6. The molecule has 8 nitrogen and oxygen atoms in total. The average molecular weight is 452 g/mol. The van der Waals surface area contributed by atoms with Gasteiger partial charge < -0.3 is 16.0 Å². The van der Waals surface area contributed by atoms with Crippen LogP contribution in [0.1, 0.15) is 50.5 Å². The molecule has 0 aliphatic rings. The van der Waals surface area contributed by atoms with Crippen LogP contribution in [-0.2, 0) is 0 Å². The molecule has 0 fully saturated rings. The summed E-state index contributed by atoms with van der Waals surface area (Å²) in [7, 11) is 0. The van der Waals surface area contributed by atoms with Gasteiger partial charge in [0, 0.05) is 48.2 Å². The van der Waals surface area contributed by atoms with Gasteiger partial charge in [-0.2, -0.15) is 5.26 Å². The first-order valence-corrected chi connectivity index (χ1v) is 11.0. The third-order valence-corrected chi connectivity index (χ3v) is 5.08. The molecule has 0 saturated heterocycles. The Balaban J connectivity index is 1.85. The average Bonchev–Trinajstić information content (AvgIpc) is 3.19. The number of carbonyl (C=O) groups is 1. The Morgan fingerprint density at radius 2 is 1.91 bits per heavy atom. The highest BCUT2D eigenvalue weighted by Gasteiger charge is 2.20. The summed E-state index contributed by atoms with van der Waals surface area (Å²) in [4.78, 5) is 21.7. The van der Waals surface area contributed by atoms with Gasteiger partial charge in [0.1, 0.15) is 23.7 Å². The predicted molar refractivity (Wildman–Crippen MR) is 127 cm³/mol. The number of nitrogens with one attached hydrogen (secondary N) is 3. The second-order valence-corrected chi connectivity index (χ2v) is 8.66. The van der Waals surface area contributed by atoms with Gasteiger partial charge in [-0.05, 0) is 32.9 Å². The van der Waals surface area contributed by atoms with Crippen molar-refractivity contribution in [3.8, 4) is 11.9 Å². The molecule has 33 heavy (non-hydrogen) atoms. The van der Waals surface area contributed by atoms with Gasteiger partial charge in [0.15, 0.2) is 0 Å². The van der Waals surface area contributed by atoms with Crippen molar-refractivity contribution in [2.24, 2.45) is 0 Å². The molecule has 0 aliphatic heterocycles. The van der Waals surface area contributed by atoms with E-state index in [1.807, 2.05) is 40.0 Å². The molecule has 174 valence electrons. The molecule has 2 atom stereocenters. The van der Waals surface area contributed by atoms with E-state index in [1.165, 1.54) is 12.4 Å². The van der Waals surface area contributed by atoms with Crippen molar-refractivity contribution in [1.29, 1.82) is 5.26 Å². The molecule has 3 aromatic rings.